The molecule has 1 aliphatic heterocycles. The molecule has 0 spiro atoms. The fourth-order valence-corrected chi connectivity index (χ4v) is 2.52. The van der Waals surface area contributed by atoms with Crippen LogP contribution >= 0.6 is 0 Å². The molecule has 19 heavy (non-hydrogen) atoms. The van der Waals surface area contributed by atoms with E-state index < -0.39 is 5.97 Å². The van der Waals surface area contributed by atoms with E-state index in [0.29, 0.717) is 5.75 Å². The summed E-state index contributed by atoms with van der Waals surface area (Å²) >= 11 is 0. The third-order valence-electron chi connectivity index (χ3n) is 3.32. The quantitative estimate of drug-likeness (QED) is 0.911. The minimum absolute atomic E-state index is 0.0126. The molecule has 0 bridgehead atoms. The zero-order valence-electron chi connectivity index (χ0n) is 11.6. The second kappa shape index (κ2) is 5.61. The summed E-state index contributed by atoms with van der Waals surface area (Å²) in [5, 5.41) is 9.19. The molecule has 2 rings (SSSR count). The molecule has 1 aromatic rings. The van der Waals surface area contributed by atoms with E-state index in [1.54, 1.807) is 18.2 Å². The first-order chi connectivity index (χ1) is 8.95. The van der Waals surface area contributed by atoms with Crippen molar-refractivity contribution in [3.63, 3.8) is 0 Å². The number of carbonyl (C=O) groups is 1. The van der Waals surface area contributed by atoms with Gasteiger partial charge in [-0.2, -0.15) is 0 Å². The van der Waals surface area contributed by atoms with Gasteiger partial charge < -0.3 is 14.6 Å². The first kappa shape index (κ1) is 13.9. The highest BCUT2D eigenvalue weighted by Gasteiger charge is 2.27. The number of aromatic carboxylic acids is 1. The highest BCUT2D eigenvalue weighted by atomic mass is 16.5. The minimum atomic E-state index is -0.955. The molecule has 0 aromatic heterocycles. The molecule has 4 nitrogen and oxygen atoms in total. The zero-order valence-corrected chi connectivity index (χ0v) is 11.6. The molecule has 2 atom stereocenters. The molecule has 4 heteroatoms. The third kappa shape index (κ3) is 3.47. The number of carboxylic acid groups (broad SMARTS) is 1. The standard InChI is InChI=1S/C15H20O4/c1-9-4-5-13(15(16)17)14(6-9)19-12-7-10(2)18-11(3)8-12/h4-6,10-12H,7-8H2,1-3H3,(H,16,17). The largest absolute Gasteiger partial charge is 0.489 e. The Morgan fingerprint density at radius 1 is 1.32 bits per heavy atom. The van der Waals surface area contributed by atoms with Gasteiger partial charge in [-0.05, 0) is 38.5 Å². The molecule has 1 N–H and O–H groups in total. The normalized spacial score (nSPS) is 27.0. The summed E-state index contributed by atoms with van der Waals surface area (Å²) in [7, 11) is 0. The molecule has 2 unspecified atom stereocenters. The van der Waals surface area contributed by atoms with Crippen molar-refractivity contribution in [3.8, 4) is 5.75 Å². The van der Waals surface area contributed by atoms with Gasteiger partial charge in [-0.1, -0.05) is 6.07 Å². The topological polar surface area (TPSA) is 55.8 Å². The van der Waals surface area contributed by atoms with E-state index in [9.17, 15) is 9.90 Å². The highest BCUT2D eigenvalue weighted by Crippen LogP contribution is 2.27. The second-order valence-electron chi connectivity index (χ2n) is 5.27. The Balaban J connectivity index is 2.18. The number of hydrogen-bond donors (Lipinski definition) is 1. The van der Waals surface area contributed by atoms with Gasteiger partial charge in [-0.25, -0.2) is 4.79 Å². The van der Waals surface area contributed by atoms with Crippen molar-refractivity contribution in [1.29, 1.82) is 0 Å². The molecule has 1 heterocycles. The first-order valence-corrected chi connectivity index (χ1v) is 6.61. The van der Waals surface area contributed by atoms with Crippen molar-refractivity contribution in [1.82, 2.24) is 0 Å². The highest BCUT2D eigenvalue weighted by molar-refractivity contribution is 5.91. The van der Waals surface area contributed by atoms with Crippen molar-refractivity contribution in [2.45, 2.75) is 51.9 Å². The van der Waals surface area contributed by atoms with Crippen LogP contribution in [-0.4, -0.2) is 29.4 Å². The van der Waals surface area contributed by atoms with Crippen molar-refractivity contribution < 1.29 is 19.4 Å². The second-order valence-corrected chi connectivity index (χ2v) is 5.27. The average Bonchev–Trinajstić information content (AvgIpc) is 2.26. The van der Waals surface area contributed by atoms with Gasteiger partial charge in [-0.3, -0.25) is 0 Å². The number of hydrogen-bond acceptors (Lipinski definition) is 3. The molecule has 1 fully saturated rings. The summed E-state index contributed by atoms with van der Waals surface area (Å²) < 4.78 is 11.6. The van der Waals surface area contributed by atoms with E-state index in [4.69, 9.17) is 9.47 Å². The summed E-state index contributed by atoms with van der Waals surface area (Å²) in [6, 6.07) is 5.17. The molecule has 1 aliphatic rings. The molecular formula is C15H20O4. The van der Waals surface area contributed by atoms with E-state index in [0.717, 1.165) is 18.4 Å². The number of rotatable bonds is 3. The fourth-order valence-electron chi connectivity index (χ4n) is 2.52. The van der Waals surface area contributed by atoms with Crippen LogP contribution in [0.2, 0.25) is 0 Å². The maximum atomic E-state index is 11.2. The Hall–Kier alpha value is -1.55. The van der Waals surface area contributed by atoms with Crippen molar-refractivity contribution in [2.75, 3.05) is 0 Å². The smallest absolute Gasteiger partial charge is 0.339 e. The lowest BCUT2D eigenvalue weighted by molar-refractivity contribution is -0.0722. The van der Waals surface area contributed by atoms with Gasteiger partial charge in [-0.15, -0.1) is 0 Å². The predicted molar refractivity (Wildman–Crippen MR) is 71.8 cm³/mol. The van der Waals surface area contributed by atoms with Gasteiger partial charge in [0.1, 0.15) is 17.4 Å². The Labute approximate surface area is 113 Å². The summed E-state index contributed by atoms with van der Waals surface area (Å²) in [5.74, 6) is -0.498. The van der Waals surface area contributed by atoms with Crippen LogP contribution in [0, 0.1) is 6.92 Å². The SMILES string of the molecule is Cc1ccc(C(=O)O)c(OC2CC(C)OC(C)C2)c1. The van der Waals surface area contributed by atoms with Crippen molar-refractivity contribution >= 4 is 5.97 Å². The third-order valence-corrected chi connectivity index (χ3v) is 3.32. The first-order valence-electron chi connectivity index (χ1n) is 6.61. The molecule has 0 aliphatic carbocycles. The van der Waals surface area contributed by atoms with Gasteiger partial charge >= 0.3 is 5.97 Å². The summed E-state index contributed by atoms with van der Waals surface area (Å²) in [5.41, 5.74) is 1.21. The van der Waals surface area contributed by atoms with Gasteiger partial charge in [0.05, 0.1) is 12.2 Å². The van der Waals surface area contributed by atoms with E-state index in [1.807, 2.05) is 20.8 Å². The molecule has 0 saturated carbocycles. The van der Waals surface area contributed by atoms with Crippen LogP contribution < -0.4 is 4.74 Å². The lowest BCUT2D eigenvalue weighted by Crippen LogP contribution is -2.36. The van der Waals surface area contributed by atoms with Gasteiger partial charge in [0.25, 0.3) is 0 Å². The Morgan fingerprint density at radius 3 is 2.53 bits per heavy atom. The van der Waals surface area contributed by atoms with Crippen LogP contribution in [-0.2, 0) is 4.74 Å². The number of ether oxygens (including phenoxy) is 2. The van der Waals surface area contributed by atoms with Crippen LogP contribution in [0.4, 0.5) is 0 Å². The fraction of sp³-hybridized carbons (Fsp3) is 0.533. The molecule has 0 amide bonds. The van der Waals surface area contributed by atoms with E-state index >= 15 is 0 Å². The lowest BCUT2D eigenvalue weighted by Gasteiger charge is -2.32. The molecule has 104 valence electrons. The minimum Gasteiger partial charge on any atom is -0.489 e. The Morgan fingerprint density at radius 2 is 1.95 bits per heavy atom. The molecule has 1 saturated heterocycles. The van der Waals surface area contributed by atoms with Crippen molar-refractivity contribution in [3.05, 3.63) is 29.3 Å². The van der Waals surface area contributed by atoms with Crippen molar-refractivity contribution in [2.24, 2.45) is 0 Å². The van der Waals surface area contributed by atoms with E-state index in [-0.39, 0.29) is 23.9 Å². The van der Waals surface area contributed by atoms with E-state index in [2.05, 4.69) is 0 Å². The van der Waals surface area contributed by atoms with Gasteiger partial charge in [0.2, 0.25) is 0 Å². The number of aryl methyl sites for hydroxylation is 1. The van der Waals surface area contributed by atoms with Crippen LogP contribution in [0.3, 0.4) is 0 Å². The van der Waals surface area contributed by atoms with Gasteiger partial charge in [0.15, 0.2) is 0 Å². The molecule has 1 aromatic carbocycles. The Bertz CT molecular complexity index is 459. The zero-order chi connectivity index (χ0) is 14.0. The summed E-state index contributed by atoms with van der Waals surface area (Å²) in [6.07, 6.45) is 1.88. The number of benzene rings is 1. The van der Waals surface area contributed by atoms with E-state index in [1.165, 1.54) is 0 Å². The monoisotopic (exact) mass is 264 g/mol. The lowest BCUT2D eigenvalue weighted by atomic mass is 10.0. The molecular weight excluding hydrogens is 244 g/mol. The van der Waals surface area contributed by atoms with Gasteiger partial charge in [0, 0.05) is 12.8 Å². The van der Waals surface area contributed by atoms with Crippen LogP contribution in [0.15, 0.2) is 18.2 Å². The summed E-state index contributed by atoms with van der Waals surface area (Å²) in [4.78, 5) is 11.2. The maximum Gasteiger partial charge on any atom is 0.339 e. The summed E-state index contributed by atoms with van der Waals surface area (Å²) in [6.45, 7) is 5.95. The predicted octanol–water partition coefficient (Wildman–Crippen LogP) is 3.03. The maximum absolute atomic E-state index is 11.2. The Kier molecular flexibility index (Phi) is 4.10. The van der Waals surface area contributed by atoms with Crippen LogP contribution in [0.1, 0.15) is 42.6 Å². The number of carboxylic acids is 1. The van der Waals surface area contributed by atoms with Crippen LogP contribution in [0.25, 0.3) is 0 Å². The van der Waals surface area contributed by atoms with Crippen LogP contribution in [0.5, 0.6) is 5.75 Å². The average molecular weight is 264 g/mol. The molecule has 0 radical (unpaired) electrons.